The predicted octanol–water partition coefficient (Wildman–Crippen LogP) is 2.80. The summed E-state index contributed by atoms with van der Waals surface area (Å²) in [7, 11) is 2.04. The molecule has 109 valence electrons. The Balaban J connectivity index is 2.32. The lowest BCUT2D eigenvalue weighted by Crippen LogP contribution is -2.40. The third-order valence-electron chi connectivity index (χ3n) is 3.50. The van der Waals surface area contributed by atoms with Crippen LogP contribution in [0, 0.1) is 11.8 Å². The first kappa shape index (κ1) is 16.4. The van der Waals surface area contributed by atoms with E-state index in [1.165, 1.54) is 31.2 Å². The van der Waals surface area contributed by atoms with Gasteiger partial charge in [0.2, 0.25) is 0 Å². The van der Waals surface area contributed by atoms with Crippen LogP contribution >= 0.6 is 11.9 Å². The van der Waals surface area contributed by atoms with Crippen LogP contribution in [-0.4, -0.2) is 42.4 Å². The third kappa shape index (κ3) is 6.38. The zero-order chi connectivity index (χ0) is 14.1. The maximum Gasteiger partial charge on any atom is 0.306 e. The number of nitroso groups, excluding NO2 is 1. The summed E-state index contributed by atoms with van der Waals surface area (Å²) in [6.45, 7) is 5.26. The van der Waals surface area contributed by atoms with Gasteiger partial charge in [-0.25, -0.2) is 0 Å². The Kier molecular flexibility index (Phi) is 7.38. The summed E-state index contributed by atoms with van der Waals surface area (Å²) in [5.41, 5.74) is 0. The van der Waals surface area contributed by atoms with Crippen LogP contribution in [0.4, 0.5) is 0 Å². The second-order valence-corrected chi connectivity index (χ2v) is 6.42. The molecule has 1 aliphatic rings. The quantitative estimate of drug-likeness (QED) is 0.297. The Bertz CT molecular complexity index is 294. The Hall–Kier alpha value is -0.620. The molecule has 0 saturated heterocycles. The fourth-order valence-corrected chi connectivity index (χ4v) is 3.55. The molecule has 0 bridgehead atoms. The number of rotatable bonds is 8. The molecule has 1 fully saturated rings. The van der Waals surface area contributed by atoms with Crippen LogP contribution < -0.4 is 0 Å². The minimum absolute atomic E-state index is 0.0161. The molecule has 0 aliphatic heterocycles. The van der Waals surface area contributed by atoms with Crippen molar-refractivity contribution in [2.45, 2.75) is 43.3 Å². The first-order chi connectivity index (χ1) is 9.08. The minimum atomic E-state index is -0.480. The average Bonchev–Trinajstić information content (AvgIpc) is 2.36. The van der Waals surface area contributed by atoms with Gasteiger partial charge in [0.15, 0.2) is 0 Å². The molecular formula is C13H23N2O3S. The predicted molar refractivity (Wildman–Crippen MR) is 77.6 cm³/mol. The number of hydrogen-bond acceptors (Lipinski definition) is 6. The Morgan fingerprint density at radius 3 is 2.68 bits per heavy atom. The molecule has 0 amide bonds. The molecule has 19 heavy (non-hydrogen) atoms. The molecule has 0 aromatic rings. The number of carbonyl (C=O) groups excluding carboxylic acids is 1. The van der Waals surface area contributed by atoms with Crippen LogP contribution in [0.3, 0.4) is 0 Å². The highest BCUT2D eigenvalue weighted by molar-refractivity contribution is 7.99. The molecule has 5 nitrogen and oxygen atoms in total. The van der Waals surface area contributed by atoms with E-state index in [-0.39, 0.29) is 4.75 Å². The van der Waals surface area contributed by atoms with Gasteiger partial charge in [-0.05, 0) is 26.3 Å². The van der Waals surface area contributed by atoms with Gasteiger partial charge in [0.25, 0.3) is 0 Å². The van der Waals surface area contributed by atoms with Crippen LogP contribution in [0.15, 0.2) is 4.58 Å². The molecule has 1 rings (SSSR count). The van der Waals surface area contributed by atoms with E-state index < -0.39 is 5.97 Å². The van der Waals surface area contributed by atoms with E-state index in [2.05, 4.69) is 16.4 Å². The number of carbonyl (C=O) groups is 1. The molecule has 0 unspecified atom stereocenters. The van der Waals surface area contributed by atoms with Crippen molar-refractivity contribution in [3.05, 3.63) is 11.8 Å². The Morgan fingerprint density at radius 1 is 1.42 bits per heavy atom. The minimum Gasteiger partial charge on any atom is -0.466 e. The molecule has 0 N–H and O–H groups in total. The van der Waals surface area contributed by atoms with Crippen molar-refractivity contribution in [2.75, 3.05) is 26.7 Å². The Labute approximate surface area is 119 Å². The first-order valence-corrected chi connectivity index (χ1v) is 7.53. The van der Waals surface area contributed by atoms with E-state index in [9.17, 15) is 9.70 Å². The molecule has 6 heteroatoms. The normalized spacial score (nSPS) is 18.3. The number of hydrogen-bond donors (Lipinski definition) is 0. The van der Waals surface area contributed by atoms with Crippen LogP contribution in [0.1, 0.15) is 38.5 Å². The average molecular weight is 287 g/mol. The molecule has 0 spiro atoms. The third-order valence-corrected chi connectivity index (χ3v) is 4.50. The van der Waals surface area contributed by atoms with Crippen LogP contribution in [0.5, 0.6) is 0 Å². The van der Waals surface area contributed by atoms with E-state index in [4.69, 9.17) is 4.74 Å². The number of ether oxygens (including phenoxy) is 1. The van der Waals surface area contributed by atoms with Gasteiger partial charge in [0, 0.05) is 29.6 Å². The summed E-state index contributed by atoms with van der Waals surface area (Å²) in [5, 5.41) is 0. The molecular weight excluding hydrogens is 264 g/mol. The zero-order valence-corrected chi connectivity index (χ0v) is 12.4. The standard InChI is InChI=1S/C13H23N2O3S/c1-12(16)18-10-6-9-15(2)11-13(19-14-17)7-4-3-5-8-13/h1,3-11H2,2H3. The molecule has 0 aromatic heterocycles. The van der Waals surface area contributed by atoms with E-state index >= 15 is 0 Å². The molecule has 0 aromatic carbocycles. The van der Waals surface area contributed by atoms with E-state index in [1.54, 1.807) is 0 Å². The van der Waals surface area contributed by atoms with Crippen molar-refractivity contribution < 1.29 is 9.53 Å². The van der Waals surface area contributed by atoms with Gasteiger partial charge in [-0.1, -0.05) is 19.3 Å². The highest BCUT2D eigenvalue weighted by atomic mass is 32.2. The van der Waals surface area contributed by atoms with Crippen molar-refractivity contribution in [3.8, 4) is 0 Å². The monoisotopic (exact) mass is 287 g/mol. The second-order valence-electron chi connectivity index (χ2n) is 5.22. The van der Waals surface area contributed by atoms with E-state index in [0.29, 0.717) is 6.61 Å². The van der Waals surface area contributed by atoms with Gasteiger partial charge in [0.05, 0.1) is 18.3 Å². The van der Waals surface area contributed by atoms with Crippen LogP contribution in [-0.2, 0) is 9.53 Å². The van der Waals surface area contributed by atoms with Gasteiger partial charge in [0.1, 0.15) is 0 Å². The SMILES string of the molecule is [CH2]C(=O)OCCCN(C)CC1(SN=O)CCCCC1. The summed E-state index contributed by atoms with van der Waals surface area (Å²) in [6, 6.07) is 0. The van der Waals surface area contributed by atoms with Crippen molar-refractivity contribution in [3.63, 3.8) is 0 Å². The van der Waals surface area contributed by atoms with Gasteiger partial charge in [-0.15, -0.1) is 4.91 Å². The molecule has 0 heterocycles. The molecule has 1 aliphatic carbocycles. The largest absolute Gasteiger partial charge is 0.466 e. The fourth-order valence-electron chi connectivity index (χ4n) is 2.64. The first-order valence-electron chi connectivity index (χ1n) is 6.76. The maximum absolute atomic E-state index is 10.6. The highest BCUT2D eigenvalue weighted by Gasteiger charge is 2.34. The van der Waals surface area contributed by atoms with E-state index in [0.717, 1.165) is 32.4 Å². The Morgan fingerprint density at radius 2 is 2.11 bits per heavy atom. The summed E-state index contributed by atoms with van der Waals surface area (Å²) >= 11 is 1.20. The summed E-state index contributed by atoms with van der Waals surface area (Å²) in [5.74, 6) is -0.480. The van der Waals surface area contributed by atoms with Crippen molar-refractivity contribution in [1.29, 1.82) is 0 Å². The highest BCUT2D eigenvalue weighted by Crippen LogP contribution is 2.40. The van der Waals surface area contributed by atoms with Crippen molar-refractivity contribution in [1.82, 2.24) is 4.90 Å². The number of esters is 1. The maximum atomic E-state index is 10.6. The van der Waals surface area contributed by atoms with E-state index in [1.807, 2.05) is 7.05 Å². The van der Waals surface area contributed by atoms with Crippen LogP contribution in [0.2, 0.25) is 0 Å². The van der Waals surface area contributed by atoms with Gasteiger partial charge >= 0.3 is 5.97 Å². The summed E-state index contributed by atoms with van der Waals surface area (Å²) < 4.78 is 7.85. The van der Waals surface area contributed by atoms with Crippen LogP contribution in [0.25, 0.3) is 0 Å². The number of nitrogens with zero attached hydrogens (tertiary/aromatic N) is 2. The lowest BCUT2D eigenvalue weighted by Gasteiger charge is -2.37. The van der Waals surface area contributed by atoms with Gasteiger partial charge in [-0.2, -0.15) is 0 Å². The van der Waals surface area contributed by atoms with Gasteiger partial charge in [-0.3, -0.25) is 4.79 Å². The summed E-state index contributed by atoms with van der Waals surface area (Å²) in [4.78, 5) is 23.4. The molecule has 1 radical (unpaired) electrons. The summed E-state index contributed by atoms with van der Waals surface area (Å²) in [6.07, 6.45) is 6.51. The second kappa shape index (κ2) is 8.53. The lowest BCUT2D eigenvalue weighted by molar-refractivity contribution is -0.138. The molecule has 1 saturated carbocycles. The van der Waals surface area contributed by atoms with Crippen molar-refractivity contribution in [2.24, 2.45) is 4.58 Å². The van der Waals surface area contributed by atoms with Gasteiger partial charge < -0.3 is 9.64 Å². The topological polar surface area (TPSA) is 59.0 Å². The zero-order valence-electron chi connectivity index (χ0n) is 11.6. The fraction of sp³-hybridized carbons (Fsp3) is 0.846. The molecule has 0 atom stereocenters. The van der Waals surface area contributed by atoms with Crippen molar-refractivity contribution >= 4 is 17.9 Å². The lowest BCUT2D eigenvalue weighted by atomic mass is 9.88. The smallest absolute Gasteiger partial charge is 0.306 e.